The minimum atomic E-state index is -0.398. The van der Waals surface area contributed by atoms with Crippen LogP contribution in [0.15, 0.2) is 170 Å². The van der Waals surface area contributed by atoms with Gasteiger partial charge in [0.05, 0.1) is 5.41 Å². The van der Waals surface area contributed by atoms with Crippen LogP contribution in [-0.2, 0) is 10.8 Å². The van der Waals surface area contributed by atoms with Gasteiger partial charge in [-0.25, -0.2) is 0 Å². The molecule has 1 heterocycles. The second kappa shape index (κ2) is 10.2. The first-order valence-electron chi connectivity index (χ1n) is 17.9. The Morgan fingerprint density at radius 1 is 0.392 bits per heavy atom. The Hall–Kier alpha value is -6.18. The van der Waals surface area contributed by atoms with Gasteiger partial charge in [0, 0.05) is 16.5 Å². The zero-order valence-electron chi connectivity index (χ0n) is 28.6. The van der Waals surface area contributed by atoms with E-state index in [0.29, 0.717) is 0 Å². The summed E-state index contributed by atoms with van der Waals surface area (Å²) < 4.78 is 6.36. The topological polar surface area (TPSA) is 9.23 Å². The van der Waals surface area contributed by atoms with E-state index in [1.165, 1.54) is 88.7 Å². The Balaban J connectivity index is 1.08. The van der Waals surface area contributed by atoms with E-state index in [1.54, 1.807) is 0 Å². The molecule has 1 heteroatoms. The van der Waals surface area contributed by atoms with Crippen molar-refractivity contribution in [2.24, 2.45) is 0 Å². The predicted octanol–water partition coefficient (Wildman–Crippen LogP) is 12.9. The van der Waals surface area contributed by atoms with Gasteiger partial charge in [0.15, 0.2) is 0 Å². The highest BCUT2D eigenvalue weighted by Gasteiger charge is 2.52. The normalized spacial score (nSPS) is 16.8. The van der Waals surface area contributed by atoms with Crippen molar-refractivity contribution in [2.75, 3.05) is 0 Å². The molecule has 0 saturated heterocycles. The number of para-hydroxylation sites is 1. The maximum Gasteiger partial charge on any atom is 0.131 e. The van der Waals surface area contributed by atoms with Crippen molar-refractivity contribution >= 4 is 10.8 Å². The highest BCUT2D eigenvalue weighted by molar-refractivity contribution is 6.05. The summed E-state index contributed by atoms with van der Waals surface area (Å²) in [6.07, 6.45) is 0. The SMILES string of the molecule is CC1(C)c2ccccc2Oc2ccc(-c3ccc(-c4cccc5c4-c4ccccc4C54c5ccccc5-c5ccc6ccccc6c54)cc3)cc21. The maximum atomic E-state index is 6.36. The summed E-state index contributed by atoms with van der Waals surface area (Å²) in [4.78, 5) is 0. The Morgan fingerprint density at radius 3 is 1.84 bits per heavy atom. The molecule has 3 aliphatic rings. The van der Waals surface area contributed by atoms with Crippen LogP contribution in [-0.4, -0.2) is 0 Å². The van der Waals surface area contributed by atoms with Crippen LogP contribution in [0, 0.1) is 0 Å². The third-order valence-corrected chi connectivity index (χ3v) is 12.0. The molecule has 0 saturated carbocycles. The molecule has 1 unspecified atom stereocenters. The fourth-order valence-electron chi connectivity index (χ4n) is 9.67. The first-order valence-corrected chi connectivity index (χ1v) is 17.9. The van der Waals surface area contributed by atoms with Crippen LogP contribution in [0.1, 0.15) is 47.2 Å². The van der Waals surface area contributed by atoms with Gasteiger partial charge in [-0.15, -0.1) is 0 Å². The average molecular weight is 651 g/mol. The quantitative estimate of drug-likeness (QED) is 0.181. The van der Waals surface area contributed by atoms with Crippen molar-refractivity contribution in [1.29, 1.82) is 0 Å². The summed E-state index contributed by atoms with van der Waals surface area (Å²) in [5.74, 6) is 1.89. The van der Waals surface area contributed by atoms with Gasteiger partial charge in [0.25, 0.3) is 0 Å². The zero-order chi connectivity index (χ0) is 33.9. The third kappa shape index (κ3) is 3.71. The van der Waals surface area contributed by atoms with E-state index in [9.17, 15) is 0 Å². The Kier molecular flexibility index (Phi) is 5.72. The first-order chi connectivity index (χ1) is 25.0. The van der Waals surface area contributed by atoms with Crippen molar-refractivity contribution in [3.8, 4) is 56.0 Å². The number of fused-ring (bicyclic) bond motifs is 14. The Labute approximate surface area is 298 Å². The van der Waals surface area contributed by atoms with Crippen molar-refractivity contribution in [2.45, 2.75) is 24.7 Å². The fourth-order valence-corrected chi connectivity index (χ4v) is 9.67. The van der Waals surface area contributed by atoms with Crippen LogP contribution in [0.5, 0.6) is 11.5 Å². The second-order valence-corrected chi connectivity index (χ2v) is 14.8. The lowest BCUT2D eigenvalue weighted by Crippen LogP contribution is -2.26. The first kappa shape index (κ1) is 28.6. The number of ether oxygens (including phenoxy) is 1. The molecule has 0 aromatic heterocycles. The van der Waals surface area contributed by atoms with Gasteiger partial charge in [0.2, 0.25) is 0 Å². The molecule has 0 N–H and O–H groups in total. The lowest BCUT2D eigenvalue weighted by molar-refractivity contribution is 0.418. The van der Waals surface area contributed by atoms with Crippen LogP contribution in [0.3, 0.4) is 0 Å². The van der Waals surface area contributed by atoms with Gasteiger partial charge in [-0.05, 0) is 95.7 Å². The molecule has 1 nitrogen and oxygen atoms in total. The molecule has 240 valence electrons. The largest absolute Gasteiger partial charge is 0.457 e. The molecule has 0 fully saturated rings. The summed E-state index contributed by atoms with van der Waals surface area (Å²) >= 11 is 0. The van der Waals surface area contributed by atoms with Gasteiger partial charge in [-0.2, -0.15) is 0 Å². The smallest absolute Gasteiger partial charge is 0.131 e. The Bertz CT molecular complexity index is 2750. The van der Waals surface area contributed by atoms with Gasteiger partial charge >= 0.3 is 0 Å². The maximum absolute atomic E-state index is 6.36. The standard InChI is InChI=1S/C50H34O/c1-49(2)42-19-9-10-21-45(42)51-46-29-27-34(30-44(46)49)31-22-24-33(25-23-31)35-16-11-20-43-47(35)39-15-6-8-18-41(39)50(43)40-17-7-5-14-37(40)38-28-26-32-12-3-4-13-36(32)48(38)50/h3-30H,1-2H3. The predicted molar refractivity (Wildman–Crippen MR) is 210 cm³/mol. The minimum absolute atomic E-state index is 0.156. The molecule has 1 aliphatic heterocycles. The van der Waals surface area contributed by atoms with Crippen molar-refractivity contribution in [1.82, 2.24) is 0 Å². The lowest BCUT2D eigenvalue weighted by Gasteiger charge is -2.34. The van der Waals surface area contributed by atoms with E-state index in [0.717, 1.165) is 11.5 Å². The molecule has 1 atom stereocenters. The highest BCUT2D eigenvalue weighted by Crippen LogP contribution is 2.65. The van der Waals surface area contributed by atoms with E-state index in [1.807, 2.05) is 6.07 Å². The highest BCUT2D eigenvalue weighted by atomic mass is 16.5. The van der Waals surface area contributed by atoms with E-state index in [4.69, 9.17) is 4.74 Å². The second-order valence-electron chi connectivity index (χ2n) is 14.8. The monoisotopic (exact) mass is 650 g/mol. The van der Waals surface area contributed by atoms with Crippen LogP contribution < -0.4 is 4.74 Å². The van der Waals surface area contributed by atoms with Crippen LogP contribution in [0.25, 0.3) is 55.3 Å². The number of hydrogen-bond donors (Lipinski definition) is 0. The van der Waals surface area contributed by atoms with Crippen LogP contribution in [0.2, 0.25) is 0 Å². The molecule has 1 spiro atoms. The van der Waals surface area contributed by atoms with E-state index in [2.05, 4.69) is 178 Å². The molecule has 0 amide bonds. The van der Waals surface area contributed by atoms with Gasteiger partial charge in [-0.1, -0.05) is 166 Å². The summed E-state index contributed by atoms with van der Waals surface area (Å²) in [6, 6.07) is 62.9. The van der Waals surface area contributed by atoms with E-state index in [-0.39, 0.29) is 5.41 Å². The van der Waals surface area contributed by atoms with E-state index >= 15 is 0 Å². The number of rotatable bonds is 2. The molecule has 0 bridgehead atoms. The van der Waals surface area contributed by atoms with Gasteiger partial charge in [0.1, 0.15) is 11.5 Å². The third-order valence-electron chi connectivity index (χ3n) is 12.0. The molecule has 0 radical (unpaired) electrons. The van der Waals surface area contributed by atoms with Crippen molar-refractivity contribution < 1.29 is 4.74 Å². The molecular formula is C50H34O. The molecule has 8 aromatic rings. The number of benzene rings is 8. The summed E-state index contributed by atoms with van der Waals surface area (Å²) in [6.45, 7) is 4.59. The summed E-state index contributed by atoms with van der Waals surface area (Å²) in [5.41, 5.74) is 17.6. The molecular weight excluding hydrogens is 617 g/mol. The Morgan fingerprint density at radius 2 is 1.00 bits per heavy atom. The average Bonchev–Trinajstić information content (AvgIpc) is 3.66. The fraction of sp³-hybridized carbons (Fsp3) is 0.0800. The minimum Gasteiger partial charge on any atom is -0.457 e. The summed E-state index contributed by atoms with van der Waals surface area (Å²) in [7, 11) is 0. The van der Waals surface area contributed by atoms with Crippen LogP contribution in [0.4, 0.5) is 0 Å². The zero-order valence-corrected chi connectivity index (χ0v) is 28.6. The lowest BCUT2D eigenvalue weighted by atomic mass is 9.69. The molecule has 11 rings (SSSR count). The molecule has 8 aromatic carbocycles. The van der Waals surface area contributed by atoms with Gasteiger partial charge in [-0.3, -0.25) is 0 Å². The van der Waals surface area contributed by atoms with Crippen LogP contribution >= 0.6 is 0 Å². The molecule has 2 aliphatic carbocycles. The van der Waals surface area contributed by atoms with Gasteiger partial charge < -0.3 is 4.74 Å². The van der Waals surface area contributed by atoms with Crippen molar-refractivity contribution in [3.05, 3.63) is 203 Å². The summed E-state index contributed by atoms with van der Waals surface area (Å²) in [5, 5.41) is 2.60. The van der Waals surface area contributed by atoms with Crippen molar-refractivity contribution in [3.63, 3.8) is 0 Å². The van der Waals surface area contributed by atoms with E-state index < -0.39 is 5.41 Å². The molecule has 51 heavy (non-hydrogen) atoms. The number of hydrogen-bond acceptors (Lipinski definition) is 1.